The fraction of sp³-hybridized carbons (Fsp3) is 0.500. The van der Waals surface area contributed by atoms with Crippen LogP contribution in [0.4, 0.5) is 4.39 Å². The molecular formula is C12H17F. The van der Waals surface area contributed by atoms with Gasteiger partial charge in [0.2, 0.25) is 0 Å². The monoisotopic (exact) mass is 180 g/mol. The summed E-state index contributed by atoms with van der Waals surface area (Å²) in [4.78, 5) is 0. The zero-order valence-corrected chi connectivity index (χ0v) is 8.60. The Morgan fingerprint density at radius 3 is 2.69 bits per heavy atom. The minimum absolute atomic E-state index is 0.122. The third kappa shape index (κ3) is 2.55. The quantitative estimate of drug-likeness (QED) is 0.658. The van der Waals surface area contributed by atoms with E-state index < -0.39 is 0 Å². The summed E-state index contributed by atoms with van der Waals surface area (Å²) < 4.78 is 12.9. The van der Waals surface area contributed by atoms with Crippen LogP contribution in [0.2, 0.25) is 0 Å². The zero-order chi connectivity index (χ0) is 9.84. The second kappa shape index (κ2) is 4.40. The molecule has 0 saturated heterocycles. The molecule has 0 aliphatic carbocycles. The molecule has 1 atom stereocenters. The lowest BCUT2D eigenvalue weighted by Gasteiger charge is -2.13. The minimum atomic E-state index is -0.122. The lowest BCUT2D eigenvalue weighted by molar-refractivity contribution is 0.611. The molecule has 1 aromatic rings. The maximum Gasteiger partial charge on any atom is 0.123 e. The van der Waals surface area contributed by atoms with E-state index in [-0.39, 0.29) is 5.82 Å². The van der Waals surface area contributed by atoms with Gasteiger partial charge in [0.1, 0.15) is 5.82 Å². The number of hydrogen-bond donors (Lipinski definition) is 0. The van der Waals surface area contributed by atoms with Gasteiger partial charge in [-0.25, -0.2) is 4.39 Å². The van der Waals surface area contributed by atoms with E-state index in [1.54, 1.807) is 6.07 Å². The molecule has 0 heterocycles. The second-order valence-electron chi connectivity index (χ2n) is 3.69. The smallest absolute Gasteiger partial charge is 0.123 e. The Bertz CT molecular complexity index is 278. The lowest BCUT2D eigenvalue weighted by Crippen LogP contribution is -1.96. The second-order valence-corrected chi connectivity index (χ2v) is 3.69. The molecule has 1 rings (SSSR count). The SMILES string of the molecule is CCCC(C)c1cc(F)ccc1C. The lowest BCUT2D eigenvalue weighted by atomic mass is 9.93. The molecule has 0 bridgehead atoms. The highest BCUT2D eigenvalue weighted by Crippen LogP contribution is 2.24. The van der Waals surface area contributed by atoms with Crippen molar-refractivity contribution in [3.8, 4) is 0 Å². The largest absolute Gasteiger partial charge is 0.207 e. The molecule has 0 aromatic heterocycles. The standard InChI is InChI=1S/C12H17F/c1-4-5-9(2)12-8-11(13)7-6-10(12)3/h6-9H,4-5H2,1-3H3. The summed E-state index contributed by atoms with van der Waals surface area (Å²) >= 11 is 0. The highest BCUT2D eigenvalue weighted by atomic mass is 19.1. The van der Waals surface area contributed by atoms with Crippen LogP contribution in [0.1, 0.15) is 43.7 Å². The van der Waals surface area contributed by atoms with E-state index in [2.05, 4.69) is 13.8 Å². The molecule has 1 aromatic carbocycles. The highest BCUT2D eigenvalue weighted by Gasteiger charge is 2.07. The average molecular weight is 180 g/mol. The van der Waals surface area contributed by atoms with Crippen LogP contribution >= 0.6 is 0 Å². The molecule has 72 valence electrons. The topological polar surface area (TPSA) is 0 Å². The molecule has 0 spiro atoms. The zero-order valence-electron chi connectivity index (χ0n) is 8.60. The Morgan fingerprint density at radius 2 is 2.08 bits per heavy atom. The number of aryl methyl sites for hydroxylation is 1. The van der Waals surface area contributed by atoms with Crippen molar-refractivity contribution in [2.75, 3.05) is 0 Å². The summed E-state index contributed by atoms with van der Waals surface area (Å²) in [6.07, 6.45) is 2.28. The maximum atomic E-state index is 12.9. The Morgan fingerprint density at radius 1 is 1.38 bits per heavy atom. The molecule has 0 fully saturated rings. The van der Waals surface area contributed by atoms with Gasteiger partial charge in [-0.1, -0.05) is 26.3 Å². The summed E-state index contributed by atoms with van der Waals surface area (Å²) in [7, 11) is 0. The number of hydrogen-bond acceptors (Lipinski definition) is 0. The first-order valence-corrected chi connectivity index (χ1v) is 4.91. The number of benzene rings is 1. The Balaban J connectivity index is 2.91. The first-order valence-electron chi connectivity index (χ1n) is 4.91. The van der Waals surface area contributed by atoms with Crippen LogP contribution in [0.15, 0.2) is 18.2 Å². The average Bonchev–Trinajstić information content (AvgIpc) is 2.09. The van der Waals surface area contributed by atoms with Gasteiger partial charge >= 0.3 is 0 Å². The molecule has 0 radical (unpaired) electrons. The fourth-order valence-electron chi connectivity index (χ4n) is 1.73. The van der Waals surface area contributed by atoms with E-state index >= 15 is 0 Å². The number of rotatable bonds is 3. The molecule has 0 aliphatic rings. The summed E-state index contributed by atoms with van der Waals surface area (Å²) in [5.74, 6) is 0.351. The van der Waals surface area contributed by atoms with E-state index in [4.69, 9.17) is 0 Å². The molecular weight excluding hydrogens is 163 g/mol. The molecule has 0 amide bonds. The Kier molecular flexibility index (Phi) is 3.47. The molecule has 0 saturated carbocycles. The van der Waals surface area contributed by atoms with Gasteiger partial charge in [0.15, 0.2) is 0 Å². The van der Waals surface area contributed by atoms with Crippen LogP contribution in [0.5, 0.6) is 0 Å². The van der Waals surface area contributed by atoms with Crippen LogP contribution in [-0.2, 0) is 0 Å². The van der Waals surface area contributed by atoms with Gasteiger partial charge in [-0.15, -0.1) is 0 Å². The van der Waals surface area contributed by atoms with Crippen molar-refractivity contribution in [3.05, 3.63) is 35.1 Å². The van der Waals surface area contributed by atoms with Crippen molar-refractivity contribution in [3.63, 3.8) is 0 Å². The van der Waals surface area contributed by atoms with Crippen molar-refractivity contribution in [2.45, 2.75) is 39.5 Å². The third-order valence-corrected chi connectivity index (χ3v) is 2.49. The first kappa shape index (κ1) is 10.2. The van der Waals surface area contributed by atoms with E-state index in [0.29, 0.717) is 5.92 Å². The predicted octanol–water partition coefficient (Wildman–Crippen LogP) is 4.04. The summed E-state index contributed by atoms with van der Waals surface area (Å²) in [5.41, 5.74) is 2.35. The van der Waals surface area contributed by atoms with E-state index in [0.717, 1.165) is 18.4 Å². The third-order valence-electron chi connectivity index (χ3n) is 2.49. The molecule has 1 unspecified atom stereocenters. The van der Waals surface area contributed by atoms with Crippen molar-refractivity contribution in [1.82, 2.24) is 0 Å². The highest BCUT2D eigenvalue weighted by molar-refractivity contribution is 5.29. The van der Waals surface area contributed by atoms with Crippen molar-refractivity contribution in [1.29, 1.82) is 0 Å². The maximum absolute atomic E-state index is 12.9. The van der Waals surface area contributed by atoms with Crippen LogP contribution in [0.3, 0.4) is 0 Å². The van der Waals surface area contributed by atoms with Crippen LogP contribution in [0.25, 0.3) is 0 Å². The van der Waals surface area contributed by atoms with Crippen LogP contribution in [-0.4, -0.2) is 0 Å². The predicted molar refractivity (Wildman–Crippen MR) is 54.5 cm³/mol. The molecule has 0 nitrogen and oxygen atoms in total. The van der Waals surface area contributed by atoms with E-state index in [1.807, 2.05) is 13.0 Å². The Labute approximate surface area is 79.8 Å². The molecule has 0 N–H and O–H groups in total. The van der Waals surface area contributed by atoms with Crippen molar-refractivity contribution < 1.29 is 4.39 Å². The van der Waals surface area contributed by atoms with Gasteiger partial charge in [-0.05, 0) is 42.5 Å². The number of halogens is 1. The van der Waals surface area contributed by atoms with Crippen LogP contribution < -0.4 is 0 Å². The first-order chi connectivity index (χ1) is 6.15. The van der Waals surface area contributed by atoms with Gasteiger partial charge in [0, 0.05) is 0 Å². The van der Waals surface area contributed by atoms with Gasteiger partial charge in [-0.2, -0.15) is 0 Å². The molecule has 1 heteroatoms. The summed E-state index contributed by atoms with van der Waals surface area (Å²) in [6, 6.07) is 5.05. The molecule has 0 aliphatic heterocycles. The van der Waals surface area contributed by atoms with E-state index in [9.17, 15) is 4.39 Å². The van der Waals surface area contributed by atoms with Crippen molar-refractivity contribution >= 4 is 0 Å². The van der Waals surface area contributed by atoms with Gasteiger partial charge in [0.25, 0.3) is 0 Å². The van der Waals surface area contributed by atoms with Crippen molar-refractivity contribution in [2.24, 2.45) is 0 Å². The van der Waals surface area contributed by atoms with Gasteiger partial charge in [-0.3, -0.25) is 0 Å². The summed E-state index contributed by atoms with van der Waals surface area (Å²) in [6.45, 7) is 6.36. The normalized spacial score (nSPS) is 12.9. The van der Waals surface area contributed by atoms with E-state index in [1.165, 1.54) is 11.6 Å². The molecule has 13 heavy (non-hydrogen) atoms. The van der Waals surface area contributed by atoms with Gasteiger partial charge < -0.3 is 0 Å². The Hall–Kier alpha value is -0.850. The van der Waals surface area contributed by atoms with Gasteiger partial charge in [0.05, 0.1) is 0 Å². The summed E-state index contributed by atoms with van der Waals surface area (Å²) in [5, 5.41) is 0. The minimum Gasteiger partial charge on any atom is -0.207 e. The fourth-order valence-corrected chi connectivity index (χ4v) is 1.73. The van der Waals surface area contributed by atoms with Crippen LogP contribution in [0, 0.1) is 12.7 Å².